The van der Waals surface area contributed by atoms with Crippen LogP contribution < -0.4 is 5.73 Å². The molecule has 0 saturated heterocycles. The minimum Gasteiger partial charge on any atom is -0.480 e. The highest BCUT2D eigenvalue weighted by Gasteiger charge is 2.20. The van der Waals surface area contributed by atoms with Crippen molar-refractivity contribution in [1.82, 2.24) is 4.90 Å². The molecular formula is C14H20N2O3. The minimum atomic E-state index is -1.01. The molecule has 0 bridgehead atoms. The monoisotopic (exact) mass is 264 g/mol. The Hall–Kier alpha value is -1.88. The normalized spacial score (nSPS) is 10.5. The van der Waals surface area contributed by atoms with E-state index in [0.29, 0.717) is 6.54 Å². The standard InChI is InChI=1S/C14H20N2O3/c1-10(2)16(9-14(18)19)13(17)7-11-5-3-4-6-12(11)8-15/h3-6,10H,7-9,15H2,1-2H3,(H,18,19). The molecule has 0 radical (unpaired) electrons. The number of carbonyl (C=O) groups is 2. The lowest BCUT2D eigenvalue weighted by molar-refractivity contribution is -0.145. The average Bonchev–Trinajstić information content (AvgIpc) is 2.36. The van der Waals surface area contributed by atoms with Gasteiger partial charge in [0.25, 0.3) is 0 Å². The fraction of sp³-hybridized carbons (Fsp3) is 0.429. The van der Waals surface area contributed by atoms with E-state index in [2.05, 4.69) is 0 Å². The molecule has 0 aliphatic heterocycles. The van der Waals surface area contributed by atoms with Crippen LogP contribution in [0.3, 0.4) is 0 Å². The SMILES string of the molecule is CC(C)N(CC(=O)O)C(=O)Cc1ccccc1CN. The summed E-state index contributed by atoms with van der Waals surface area (Å²) >= 11 is 0. The summed E-state index contributed by atoms with van der Waals surface area (Å²) in [5.41, 5.74) is 7.39. The second kappa shape index (κ2) is 6.89. The summed E-state index contributed by atoms with van der Waals surface area (Å²) in [6.45, 7) is 3.69. The van der Waals surface area contributed by atoms with Crippen molar-refractivity contribution in [3.63, 3.8) is 0 Å². The molecule has 0 fully saturated rings. The first-order chi connectivity index (χ1) is 8.95. The molecule has 0 aromatic heterocycles. The number of nitrogens with two attached hydrogens (primary N) is 1. The maximum atomic E-state index is 12.2. The molecule has 3 N–H and O–H groups in total. The molecule has 1 aromatic rings. The molecule has 0 unspecified atom stereocenters. The molecule has 5 heteroatoms. The van der Waals surface area contributed by atoms with Crippen LogP contribution in [-0.2, 0) is 22.6 Å². The Morgan fingerprint density at radius 2 is 1.84 bits per heavy atom. The molecule has 0 atom stereocenters. The van der Waals surface area contributed by atoms with Crippen molar-refractivity contribution in [3.8, 4) is 0 Å². The number of aliphatic carboxylic acids is 1. The van der Waals surface area contributed by atoms with E-state index in [1.807, 2.05) is 24.3 Å². The van der Waals surface area contributed by atoms with Crippen LogP contribution in [0.2, 0.25) is 0 Å². The summed E-state index contributed by atoms with van der Waals surface area (Å²) in [6, 6.07) is 7.29. The molecule has 1 amide bonds. The summed E-state index contributed by atoms with van der Waals surface area (Å²) in [7, 11) is 0. The zero-order valence-electron chi connectivity index (χ0n) is 11.3. The van der Waals surface area contributed by atoms with Crippen LogP contribution in [0.5, 0.6) is 0 Å². The molecule has 19 heavy (non-hydrogen) atoms. The van der Waals surface area contributed by atoms with E-state index in [-0.39, 0.29) is 24.9 Å². The van der Waals surface area contributed by atoms with Crippen LogP contribution in [0.1, 0.15) is 25.0 Å². The molecule has 0 aliphatic rings. The number of nitrogens with zero attached hydrogens (tertiary/aromatic N) is 1. The maximum Gasteiger partial charge on any atom is 0.323 e. The van der Waals surface area contributed by atoms with Crippen LogP contribution in [0.15, 0.2) is 24.3 Å². The van der Waals surface area contributed by atoms with Gasteiger partial charge in [-0.2, -0.15) is 0 Å². The van der Waals surface area contributed by atoms with Crippen molar-refractivity contribution in [2.75, 3.05) is 6.54 Å². The smallest absolute Gasteiger partial charge is 0.323 e. The lowest BCUT2D eigenvalue weighted by Gasteiger charge is -2.25. The molecule has 0 spiro atoms. The lowest BCUT2D eigenvalue weighted by atomic mass is 10.0. The third-order valence-corrected chi connectivity index (χ3v) is 2.93. The van der Waals surface area contributed by atoms with E-state index < -0.39 is 5.97 Å². The van der Waals surface area contributed by atoms with Crippen molar-refractivity contribution in [2.45, 2.75) is 32.9 Å². The van der Waals surface area contributed by atoms with Gasteiger partial charge in [-0.15, -0.1) is 0 Å². The number of carboxylic acid groups (broad SMARTS) is 1. The molecule has 0 saturated carbocycles. The Kier molecular flexibility index (Phi) is 5.51. The highest BCUT2D eigenvalue weighted by molar-refractivity contribution is 5.83. The first-order valence-corrected chi connectivity index (χ1v) is 6.23. The van der Waals surface area contributed by atoms with Crippen molar-refractivity contribution < 1.29 is 14.7 Å². The molecule has 0 aliphatic carbocycles. The van der Waals surface area contributed by atoms with Gasteiger partial charge in [0.15, 0.2) is 0 Å². The van der Waals surface area contributed by atoms with Crippen LogP contribution in [0.25, 0.3) is 0 Å². The number of rotatable bonds is 6. The third kappa shape index (κ3) is 4.37. The summed E-state index contributed by atoms with van der Waals surface area (Å²) in [4.78, 5) is 24.3. The van der Waals surface area contributed by atoms with E-state index >= 15 is 0 Å². The second-order valence-corrected chi connectivity index (χ2v) is 4.66. The van der Waals surface area contributed by atoms with E-state index in [4.69, 9.17) is 10.8 Å². The van der Waals surface area contributed by atoms with Gasteiger partial charge in [-0.3, -0.25) is 9.59 Å². The van der Waals surface area contributed by atoms with Gasteiger partial charge < -0.3 is 15.7 Å². The van der Waals surface area contributed by atoms with E-state index in [1.165, 1.54) is 4.90 Å². The molecule has 104 valence electrons. The third-order valence-electron chi connectivity index (χ3n) is 2.93. The molecule has 5 nitrogen and oxygen atoms in total. The van der Waals surface area contributed by atoms with Crippen molar-refractivity contribution in [1.29, 1.82) is 0 Å². The van der Waals surface area contributed by atoms with Crippen molar-refractivity contribution in [3.05, 3.63) is 35.4 Å². The van der Waals surface area contributed by atoms with Gasteiger partial charge in [0.2, 0.25) is 5.91 Å². The highest BCUT2D eigenvalue weighted by Crippen LogP contribution is 2.11. The zero-order chi connectivity index (χ0) is 14.4. The fourth-order valence-electron chi connectivity index (χ4n) is 1.90. The van der Waals surface area contributed by atoms with Crippen LogP contribution in [0, 0.1) is 0 Å². The van der Waals surface area contributed by atoms with Crippen LogP contribution in [0.4, 0.5) is 0 Å². The number of benzene rings is 1. The molecule has 1 aromatic carbocycles. The quantitative estimate of drug-likeness (QED) is 0.803. The fourth-order valence-corrected chi connectivity index (χ4v) is 1.90. The first kappa shape index (κ1) is 15.2. The summed E-state index contributed by atoms with van der Waals surface area (Å²) in [6.07, 6.45) is 0.179. The number of carboxylic acids is 1. The number of hydrogen-bond acceptors (Lipinski definition) is 3. The van der Waals surface area contributed by atoms with Crippen molar-refractivity contribution in [2.24, 2.45) is 5.73 Å². The summed E-state index contributed by atoms with van der Waals surface area (Å²) < 4.78 is 0. The van der Waals surface area contributed by atoms with Gasteiger partial charge in [-0.25, -0.2) is 0 Å². The molecular weight excluding hydrogens is 244 g/mol. The summed E-state index contributed by atoms with van der Waals surface area (Å²) in [5.74, 6) is -1.20. The van der Waals surface area contributed by atoms with Crippen LogP contribution >= 0.6 is 0 Å². The first-order valence-electron chi connectivity index (χ1n) is 6.23. The Bertz CT molecular complexity index is 458. The average molecular weight is 264 g/mol. The van der Waals surface area contributed by atoms with Gasteiger partial charge in [-0.05, 0) is 25.0 Å². The predicted molar refractivity (Wildman–Crippen MR) is 72.5 cm³/mol. The number of carbonyl (C=O) groups excluding carboxylic acids is 1. The largest absolute Gasteiger partial charge is 0.480 e. The van der Waals surface area contributed by atoms with Gasteiger partial charge in [0.05, 0.1) is 6.42 Å². The van der Waals surface area contributed by atoms with E-state index in [1.54, 1.807) is 13.8 Å². The van der Waals surface area contributed by atoms with Gasteiger partial charge in [0, 0.05) is 12.6 Å². The topological polar surface area (TPSA) is 83.6 Å². The Balaban J connectivity index is 2.84. The molecule has 0 heterocycles. The zero-order valence-corrected chi connectivity index (χ0v) is 11.3. The Morgan fingerprint density at radius 3 is 2.32 bits per heavy atom. The Morgan fingerprint density at radius 1 is 1.26 bits per heavy atom. The van der Waals surface area contributed by atoms with E-state index in [9.17, 15) is 9.59 Å². The van der Waals surface area contributed by atoms with E-state index in [0.717, 1.165) is 11.1 Å². The van der Waals surface area contributed by atoms with Gasteiger partial charge in [0.1, 0.15) is 6.54 Å². The number of hydrogen-bond donors (Lipinski definition) is 2. The summed E-state index contributed by atoms with van der Waals surface area (Å²) in [5, 5.41) is 8.83. The van der Waals surface area contributed by atoms with Crippen LogP contribution in [-0.4, -0.2) is 34.5 Å². The Labute approximate surface area is 113 Å². The predicted octanol–water partition coefficient (Wildman–Crippen LogP) is 1.01. The molecule has 1 rings (SSSR count). The highest BCUT2D eigenvalue weighted by atomic mass is 16.4. The maximum absolute atomic E-state index is 12.2. The number of amides is 1. The second-order valence-electron chi connectivity index (χ2n) is 4.66. The van der Waals surface area contributed by atoms with Crippen molar-refractivity contribution >= 4 is 11.9 Å². The van der Waals surface area contributed by atoms with Gasteiger partial charge >= 0.3 is 5.97 Å². The lowest BCUT2D eigenvalue weighted by Crippen LogP contribution is -2.41. The van der Waals surface area contributed by atoms with Gasteiger partial charge in [-0.1, -0.05) is 24.3 Å². The minimum absolute atomic E-state index is 0.145.